The van der Waals surface area contributed by atoms with Gasteiger partial charge in [-0.3, -0.25) is 0 Å². The number of hydrogen-bond acceptors (Lipinski definition) is 6. The van der Waals surface area contributed by atoms with E-state index in [0.29, 0.717) is 0 Å². The monoisotopic (exact) mass is 502 g/mol. The van der Waals surface area contributed by atoms with Gasteiger partial charge in [0.15, 0.2) is 11.6 Å². The molecule has 2 heterocycles. The SMILES string of the molecule is CN1C(=CC=CC=Cc2oc3ccccc3[n+]2C)Oc2ccccc21.Cc1ccc(S(=O)(=O)[O-])cc1. The number of rotatable bonds is 4. The first kappa shape index (κ1) is 25.0. The zero-order valence-electron chi connectivity index (χ0n) is 20.2. The largest absolute Gasteiger partial charge is 0.744 e. The summed E-state index contributed by atoms with van der Waals surface area (Å²) < 4.78 is 44.9. The highest BCUT2D eigenvalue weighted by atomic mass is 32.2. The molecule has 1 aliphatic heterocycles. The minimum absolute atomic E-state index is 0.178. The third-order valence-corrected chi connectivity index (χ3v) is 6.40. The van der Waals surface area contributed by atoms with Gasteiger partial charge in [0.1, 0.15) is 17.2 Å². The Balaban J connectivity index is 0.000000233. The number of para-hydroxylation sites is 4. The summed E-state index contributed by atoms with van der Waals surface area (Å²) in [5, 5.41) is 0. The second-order valence-corrected chi connectivity index (χ2v) is 9.49. The number of anilines is 1. The first-order valence-corrected chi connectivity index (χ1v) is 12.6. The van der Waals surface area contributed by atoms with E-state index in [0.717, 1.165) is 39.9 Å². The van der Waals surface area contributed by atoms with Gasteiger partial charge in [-0.2, -0.15) is 4.57 Å². The molecular weight excluding hydrogens is 476 g/mol. The molecule has 0 atom stereocenters. The fraction of sp³-hybridized carbons (Fsp3) is 0.107. The Morgan fingerprint density at radius 3 is 2.31 bits per heavy atom. The van der Waals surface area contributed by atoms with Gasteiger partial charge in [-0.05, 0) is 43.3 Å². The summed E-state index contributed by atoms with van der Waals surface area (Å²) in [5.74, 6) is 2.50. The van der Waals surface area contributed by atoms with Crippen molar-refractivity contribution >= 4 is 33.0 Å². The topological polar surface area (TPSA) is 86.7 Å². The molecule has 0 amide bonds. The van der Waals surface area contributed by atoms with E-state index in [1.54, 1.807) is 12.1 Å². The molecule has 1 aromatic heterocycles. The van der Waals surface area contributed by atoms with Crippen molar-refractivity contribution in [2.24, 2.45) is 7.05 Å². The van der Waals surface area contributed by atoms with Crippen LogP contribution in [-0.4, -0.2) is 20.0 Å². The summed E-state index contributed by atoms with van der Waals surface area (Å²) in [7, 11) is -0.278. The van der Waals surface area contributed by atoms with Crippen molar-refractivity contribution in [1.82, 2.24) is 0 Å². The van der Waals surface area contributed by atoms with Gasteiger partial charge in [-0.1, -0.05) is 60.2 Å². The predicted molar refractivity (Wildman–Crippen MR) is 138 cm³/mol. The van der Waals surface area contributed by atoms with E-state index in [1.165, 1.54) is 12.1 Å². The van der Waals surface area contributed by atoms with Crippen molar-refractivity contribution in [1.29, 1.82) is 0 Å². The molecule has 0 spiro atoms. The van der Waals surface area contributed by atoms with Gasteiger partial charge in [-0.15, -0.1) is 0 Å². The molecule has 0 fully saturated rings. The molecule has 0 saturated heterocycles. The molecule has 5 rings (SSSR count). The fourth-order valence-corrected chi connectivity index (χ4v) is 4.05. The highest BCUT2D eigenvalue weighted by Crippen LogP contribution is 2.37. The number of benzene rings is 3. The first-order valence-electron chi connectivity index (χ1n) is 11.2. The summed E-state index contributed by atoms with van der Waals surface area (Å²) in [6.07, 6.45) is 9.76. The lowest BCUT2D eigenvalue weighted by molar-refractivity contribution is -0.652. The lowest BCUT2D eigenvalue weighted by atomic mass is 10.2. The van der Waals surface area contributed by atoms with Gasteiger partial charge in [0, 0.05) is 13.1 Å². The number of aromatic nitrogens is 1. The van der Waals surface area contributed by atoms with Crippen molar-refractivity contribution in [3.63, 3.8) is 0 Å². The third-order valence-electron chi connectivity index (χ3n) is 5.55. The lowest BCUT2D eigenvalue weighted by Gasteiger charge is -2.09. The normalized spacial score (nSPS) is 14.3. The van der Waals surface area contributed by atoms with E-state index in [1.807, 2.05) is 109 Å². The molecule has 8 heteroatoms. The van der Waals surface area contributed by atoms with E-state index in [-0.39, 0.29) is 4.90 Å². The van der Waals surface area contributed by atoms with Gasteiger partial charge in [-0.25, -0.2) is 8.42 Å². The maximum atomic E-state index is 10.4. The van der Waals surface area contributed by atoms with Crippen LogP contribution in [0.15, 0.2) is 112 Å². The Labute approximate surface area is 210 Å². The Hall–Kier alpha value is -4.14. The maximum absolute atomic E-state index is 10.4. The van der Waals surface area contributed by atoms with E-state index < -0.39 is 10.1 Å². The lowest BCUT2D eigenvalue weighted by Crippen LogP contribution is -2.29. The molecule has 0 saturated carbocycles. The highest BCUT2D eigenvalue weighted by molar-refractivity contribution is 7.85. The van der Waals surface area contributed by atoms with Crippen molar-refractivity contribution in [3.8, 4) is 5.75 Å². The molecule has 36 heavy (non-hydrogen) atoms. The van der Waals surface area contributed by atoms with Gasteiger partial charge < -0.3 is 18.6 Å². The molecule has 1 aliphatic rings. The Morgan fingerprint density at radius 2 is 1.61 bits per heavy atom. The van der Waals surface area contributed by atoms with Crippen LogP contribution in [0.2, 0.25) is 0 Å². The van der Waals surface area contributed by atoms with Crippen LogP contribution in [-0.2, 0) is 17.2 Å². The van der Waals surface area contributed by atoms with Crippen molar-refractivity contribution in [2.45, 2.75) is 11.8 Å². The van der Waals surface area contributed by atoms with E-state index in [4.69, 9.17) is 9.15 Å². The molecule has 0 bridgehead atoms. The minimum atomic E-state index is -4.27. The molecule has 0 radical (unpaired) electrons. The molecule has 4 aromatic rings. The molecule has 7 nitrogen and oxygen atoms in total. The summed E-state index contributed by atoms with van der Waals surface area (Å²) in [6.45, 7) is 1.82. The van der Waals surface area contributed by atoms with Crippen LogP contribution in [0.5, 0.6) is 5.75 Å². The Morgan fingerprint density at radius 1 is 0.917 bits per heavy atom. The summed E-state index contributed by atoms with van der Waals surface area (Å²) in [6, 6.07) is 21.8. The molecular formula is C28H26N2O5S. The number of hydrogen-bond donors (Lipinski definition) is 0. The molecule has 0 N–H and O–H groups in total. The zero-order valence-corrected chi connectivity index (χ0v) is 21.0. The van der Waals surface area contributed by atoms with Gasteiger partial charge >= 0.3 is 5.89 Å². The van der Waals surface area contributed by atoms with Crippen LogP contribution in [0.4, 0.5) is 5.69 Å². The summed E-state index contributed by atoms with van der Waals surface area (Å²) in [5.41, 5.74) is 3.96. The van der Waals surface area contributed by atoms with E-state index in [2.05, 4.69) is 0 Å². The number of nitrogens with zero attached hydrogens (tertiary/aromatic N) is 2. The Kier molecular flexibility index (Phi) is 7.38. The van der Waals surface area contributed by atoms with Crippen LogP contribution in [0, 0.1) is 6.92 Å². The number of allylic oxidation sites excluding steroid dienone is 4. The van der Waals surface area contributed by atoms with Gasteiger partial charge in [0.2, 0.25) is 5.58 Å². The van der Waals surface area contributed by atoms with Gasteiger partial charge in [0.25, 0.3) is 5.52 Å². The quantitative estimate of drug-likeness (QED) is 0.219. The minimum Gasteiger partial charge on any atom is -0.744 e. The average Bonchev–Trinajstić information content (AvgIpc) is 3.35. The number of oxazole rings is 1. The molecule has 184 valence electrons. The standard InChI is InChI=1S/C21H19N2O2.C7H8O3S/c1-22-16-10-6-8-12-18(16)24-20(22)14-4-3-5-15-21-23(2)17-11-7-9-13-19(17)25-21;1-6-2-4-7(5-3-6)11(8,9)10/h3-15H,1-2H3;2-5H,1H3,(H,8,9,10)/q+1;/p-1. The molecule has 0 aliphatic carbocycles. The van der Waals surface area contributed by atoms with E-state index in [9.17, 15) is 13.0 Å². The first-order chi connectivity index (χ1) is 17.2. The number of ether oxygens (including phenoxy) is 1. The molecule has 0 unspecified atom stereocenters. The smallest absolute Gasteiger partial charge is 0.373 e. The maximum Gasteiger partial charge on any atom is 0.373 e. The highest BCUT2D eigenvalue weighted by Gasteiger charge is 2.21. The van der Waals surface area contributed by atoms with Crippen LogP contribution in [0.25, 0.3) is 17.2 Å². The second kappa shape index (κ2) is 10.6. The summed E-state index contributed by atoms with van der Waals surface area (Å²) >= 11 is 0. The zero-order chi connectivity index (χ0) is 25.7. The third kappa shape index (κ3) is 5.73. The van der Waals surface area contributed by atoms with Crippen LogP contribution < -0.4 is 14.2 Å². The molecule has 3 aromatic carbocycles. The van der Waals surface area contributed by atoms with Crippen molar-refractivity contribution in [3.05, 3.63) is 114 Å². The predicted octanol–water partition coefficient (Wildman–Crippen LogP) is 5.10. The van der Waals surface area contributed by atoms with Crippen molar-refractivity contribution < 1.29 is 26.7 Å². The Bertz CT molecular complexity index is 1570. The van der Waals surface area contributed by atoms with E-state index >= 15 is 0 Å². The van der Waals surface area contributed by atoms with Crippen LogP contribution in [0.3, 0.4) is 0 Å². The number of aryl methyl sites for hydroxylation is 2. The summed E-state index contributed by atoms with van der Waals surface area (Å²) in [4.78, 5) is 1.85. The van der Waals surface area contributed by atoms with Crippen LogP contribution >= 0.6 is 0 Å². The number of fused-ring (bicyclic) bond motifs is 2. The second-order valence-electron chi connectivity index (χ2n) is 8.11. The van der Waals surface area contributed by atoms with Gasteiger partial charge in [0.05, 0.1) is 16.7 Å². The van der Waals surface area contributed by atoms with Crippen molar-refractivity contribution in [2.75, 3.05) is 11.9 Å². The fourth-order valence-electron chi connectivity index (χ4n) is 3.58. The average molecular weight is 503 g/mol. The van der Waals surface area contributed by atoms with Crippen LogP contribution in [0.1, 0.15) is 11.5 Å².